The minimum absolute atomic E-state index is 0. The first-order chi connectivity index (χ1) is 1.73. The molecule has 38 valence electrons. The van der Waals surface area contributed by atoms with Gasteiger partial charge in [-0.15, -0.1) is 0 Å². The molecule has 5 heavy (non-hydrogen) atoms. The maximum absolute atomic E-state index is 9.73. The molecule has 0 aliphatic rings. The summed E-state index contributed by atoms with van der Waals surface area (Å²) in [6.45, 7) is 0. The molecule has 0 rings (SSSR count). The summed E-state index contributed by atoms with van der Waals surface area (Å²) in [5.41, 5.74) is 0. The van der Waals surface area contributed by atoms with E-state index in [1.165, 1.54) is 0 Å². The van der Waals surface area contributed by atoms with Gasteiger partial charge in [-0.05, 0) is 0 Å². The molecule has 0 unspecified atom stereocenters. The predicted octanol–water partition coefficient (Wildman–Crippen LogP) is 1.89. The first-order valence-corrected chi connectivity index (χ1v) is 1.56. The first kappa shape index (κ1) is 9.00. The molecule has 0 bridgehead atoms. The summed E-state index contributed by atoms with van der Waals surface area (Å²) in [6, 6.07) is 0. The van der Waals surface area contributed by atoms with Gasteiger partial charge in [-0.25, -0.2) is 0 Å². The molecule has 0 N–H and O–H groups in total. The number of hydrogen-bond acceptors (Lipinski definition) is 0. The average Bonchev–Trinajstić information content (AvgIpc) is 0.811. The molecule has 0 aromatic carbocycles. The fourth-order valence-corrected chi connectivity index (χ4v) is 0. The van der Waals surface area contributed by atoms with Crippen molar-refractivity contribution in [3.8, 4) is 0 Å². The number of rotatable bonds is 0. The Morgan fingerprint density at radius 2 is 1.00 bits per heavy atom. The van der Waals surface area contributed by atoms with E-state index in [9.17, 15) is 10.7 Å². The Hall–Kier alpha value is 0.296. The molecule has 0 amide bonds. The van der Waals surface area contributed by atoms with Crippen molar-refractivity contribution in [3.05, 3.63) is 0 Å². The molecule has 0 aliphatic heterocycles. The van der Waals surface area contributed by atoms with Crippen molar-refractivity contribution in [2.75, 3.05) is 0 Å². The molecular weight excluding hydrogens is 128 g/mol. The Bertz CT molecular complexity index is 11.6. The van der Waals surface area contributed by atoms with Crippen LogP contribution in [0.2, 0.25) is 0 Å². The van der Waals surface area contributed by atoms with E-state index in [1.807, 2.05) is 0 Å². The Balaban J connectivity index is 0. The van der Waals surface area contributed by atoms with Gasteiger partial charge in [0, 0.05) is 0 Å². The topological polar surface area (TPSA) is 0 Å². The molecule has 0 spiro atoms. The van der Waals surface area contributed by atoms with Crippen LogP contribution in [0, 0.1) is 0 Å². The normalized spacial score (nSPS) is 9.00. The number of hydrogen-bond donors (Lipinski definition) is 0. The SMILES string of the molecule is C.[F][Co]([F])[F]. The molecule has 0 nitrogen and oxygen atoms in total. The summed E-state index contributed by atoms with van der Waals surface area (Å²) in [7, 11) is 0. The molecule has 0 radical (unpaired) electrons. The molecule has 0 aliphatic carbocycles. The molecule has 0 aromatic rings. The summed E-state index contributed by atoms with van der Waals surface area (Å²) in [4.78, 5) is 0. The van der Waals surface area contributed by atoms with E-state index in [0.29, 0.717) is 0 Å². The standard InChI is InChI=1S/CH4.Co.3FH/h1H4;;3*1H/q;+3;;;/p-3. The van der Waals surface area contributed by atoms with E-state index in [0.717, 1.165) is 0 Å². The summed E-state index contributed by atoms with van der Waals surface area (Å²) in [5, 5.41) is 0. The van der Waals surface area contributed by atoms with E-state index in [-0.39, 0.29) is 7.43 Å². The van der Waals surface area contributed by atoms with Gasteiger partial charge in [0.25, 0.3) is 0 Å². The Labute approximate surface area is 34.1 Å². The third-order valence-corrected chi connectivity index (χ3v) is 0. The fraction of sp³-hybridized carbons (Fsp3) is 1.00. The van der Waals surface area contributed by atoms with Gasteiger partial charge in [0.05, 0.1) is 0 Å². The predicted molar refractivity (Wildman–Crippen MR) is 10.1 cm³/mol. The summed E-state index contributed by atoms with van der Waals surface area (Å²) < 4.78 is 29.2. The zero-order chi connectivity index (χ0) is 3.58. The summed E-state index contributed by atoms with van der Waals surface area (Å²) >= 11 is -4.10. The van der Waals surface area contributed by atoms with Gasteiger partial charge in [0.2, 0.25) is 0 Å². The second kappa shape index (κ2) is 4.30. The zero-order valence-corrected chi connectivity index (χ0v) is 2.51. The molecule has 0 aromatic heterocycles. The van der Waals surface area contributed by atoms with Crippen molar-refractivity contribution < 1.29 is 25.7 Å². The van der Waals surface area contributed by atoms with Gasteiger partial charge in [-0.1, -0.05) is 7.43 Å². The van der Waals surface area contributed by atoms with Crippen LogP contribution in [0.1, 0.15) is 7.43 Å². The van der Waals surface area contributed by atoms with Crippen LogP contribution in [0.3, 0.4) is 0 Å². The molecule has 0 saturated heterocycles. The van der Waals surface area contributed by atoms with Crippen molar-refractivity contribution in [1.82, 2.24) is 0 Å². The van der Waals surface area contributed by atoms with Gasteiger partial charge in [-0.3, -0.25) is 0 Å². The van der Waals surface area contributed by atoms with Crippen LogP contribution in [0.5, 0.6) is 0 Å². The van der Waals surface area contributed by atoms with Gasteiger partial charge < -0.3 is 0 Å². The van der Waals surface area contributed by atoms with E-state index in [1.54, 1.807) is 0 Å². The van der Waals surface area contributed by atoms with Crippen LogP contribution in [-0.4, -0.2) is 0 Å². The van der Waals surface area contributed by atoms with Crippen LogP contribution in [-0.2, 0) is 15.0 Å². The van der Waals surface area contributed by atoms with Crippen molar-refractivity contribution in [2.24, 2.45) is 0 Å². The van der Waals surface area contributed by atoms with E-state index in [2.05, 4.69) is 0 Å². The Kier molecular flexibility index (Phi) is 7.73. The van der Waals surface area contributed by atoms with Gasteiger partial charge >= 0.3 is 25.7 Å². The minimum atomic E-state index is -4.10. The second-order valence-corrected chi connectivity index (χ2v) is 0.589. The van der Waals surface area contributed by atoms with Gasteiger partial charge in [0.15, 0.2) is 0 Å². The molecule has 0 saturated carbocycles. The molecule has 0 heterocycles. The van der Waals surface area contributed by atoms with E-state index >= 15 is 0 Å². The summed E-state index contributed by atoms with van der Waals surface area (Å²) in [6.07, 6.45) is 0. The van der Waals surface area contributed by atoms with E-state index in [4.69, 9.17) is 0 Å². The third kappa shape index (κ3) is 258. The van der Waals surface area contributed by atoms with Crippen molar-refractivity contribution in [2.45, 2.75) is 7.43 Å². The Morgan fingerprint density at radius 3 is 1.00 bits per heavy atom. The molecule has 4 heteroatoms. The van der Waals surface area contributed by atoms with Gasteiger partial charge in [-0.2, -0.15) is 0 Å². The molecule has 0 fully saturated rings. The maximum atomic E-state index is 9.73. The summed E-state index contributed by atoms with van der Waals surface area (Å²) in [5.74, 6) is 0. The van der Waals surface area contributed by atoms with Gasteiger partial charge in [0.1, 0.15) is 0 Å². The van der Waals surface area contributed by atoms with Crippen molar-refractivity contribution in [3.63, 3.8) is 0 Å². The van der Waals surface area contributed by atoms with Crippen molar-refractivity contribution in [1.29, 1.82) is 0 Å². The number of halogens is 3. The second-order valence-electron chi connectivity index (χ2n) is 0.143. The quantitative estimate of drug-likeness (QED) is 0.472. The van der Waals surface area contributed by atoms with Crippen LogP contribution >= 0.6 is 0 Å². The molecular formula is CH4CoF3. The van der Waals surface area contributed by atoms with Crippen molar-refractivity contribution >= 4 is 0 Å². The third-order valence-electron chi connectivity index (χ3n) is 0. The monoisotopic (exact) mass is 132 g/mol. The van der Waals surface area contributed by atoms with E-state index < -0.39 is 15.0 Å². The van der Waals surface area contributed by atoms with Crippen LogP contribution in [0.15, 0.2) is 0 Å². The van der Waals surface area contributed by atoms with Crippen LogP contribution < -0.4 is 0 Å². The zero-order valence-electron chi connectivity index (χ0n) is 1.47. The van der Waals surface area contributed by atoms with Crippen LogP contribution in [0.4, 0.5) is 10.7 Å². The first-order valence-electron chi connectivity index (χ1n) is 0.378. The van der Waals surface area contributed by atoms with Crippen LogP contribution in [0.25, 0.3) is 0 Å². The molecule has 0 atom stereocenters. The fourth-order valence-electron chi connectivity index (χ4n) is 0. The average molecular weight is 132 g/mol. The Morgan fingerprint density at radius 1 is 1.00 bits per heavy atom.